The predicted octanol–water partition coefficient (Wildman–Crippen LogP) is 2.42. The first-order chi connectivity index (χ1) is 7.27. The van der Waals surface area contributed by atoms with Crippen molar-refractivity contribution in [3.8, 4) is 10.6 Å². The Balaban J connectivity index is 2.38. The van der Waals surface area contributed by atoms with Gasteiger partial charge in [0.05, 0.1) is 5.56 Å². The molecular weight excluding hydrogens is 208 g/mol. The molecule has 78 valence electrons. The number of nitrogens with zero attached hydrogens (tertiary/aromatic N) is 3. The number of anilines is 1. The fourth-order valence-corrected chi connectivity index (χ4v) is 1.87. The Morgan fingerprint density at radius 1 is 1.40 bits per heavy atom. The average Bonchev–Trinajstić information content (AvgIpc) is 2.70. The van der Waals surface area contributed by atoms with Gasteiger partial charge in [0.25, 0.3) is 0 Å². The molecule has 0 radical (unpaired) electrons. The van der Waals surface area contributed by atoms with Crippen molar-refractivity contribution in [1.29, 1.82) is 0 Å². The number of hydrogen-bond acceptors (Lipinski definition) is 5. The largest absolute Gasteiger partial charge is 0.382 e. The summed E-state index contributed by atoms with van der Waals surface area (Å²) < 4.78 is 0. The van der Waals surface area contributed by atoms with Crippen LogP contribution in [0.4, 0.5) is 5.69 Å². The van der Waals surface area contributed by atoms with Crippen molar-refractivity contribution in [1.82, 2.24) is 15.2 Å². The maximum absolute atomic E-state index is 4.11. The molecule has 0 aromatic carbocycles. The lowest BCUT2D eigenvalue weighted by Gasteiger charge is -2.12. The van der Waals surface area contributed by atoms with Crippen molar-refractivity contribution < 1.29 is 0 Å². The van der Waals surface area contributed by atoms with E-state index in [0.29, 0.717) is 6.04 Å². The Morgan fingerprint density at radius 3 is 2.93 bits per heavy atom. The van der Waals surface area contributed by atoms with Crippen molar-refractivity contribution in [2.75, 3.05) is 5.32 Å². The van der Waals surface area contributed by atoms with E-state index in [1.807, 2.05) is 12.3 Å². The molecule has 2 aromatic heterocycles. The first kappa shape index (κ1) is 10.0. The maximum Gasteiger partial charge on any atom is 0.151 e. The zero-order chi connectivity index (χ0) is 10.7. The molecule has 0 aliphatic rings. The highest BCUT2D eigenvalue weighted by molar-refractivity contribution is 7.12. The second-order valence-corrected chi connectivity index (χ2v) is 4.30. The van der Waals surface area contributed by atoms with Crippen LogP contribution in [0.1, 0.15) is 13.8 Å². The van der Waals surface area contributed by atoms with Crippen LogP contribution in [0.25, 0.3) is 10.6 Å². The molecule has 1 N–H and O–H groups in total. The van der Waals surface area contributed by atoms with Gasteiger partial charge in [-0.2, -0.15) is 0 Å². The minimum absolute atomic E-state index is 0.388. The Morgan fingerprint density at radius 2 is 2.27 bits per heavy atom. The summed E-state index contributed by atoms with van der Waals surface area (Å²) in [5.41, 5.74) is 3.78. The third-order valence-electron chi connectivity index (χ3n) is 1.86. The van der Waals surface area contributed by atoms with Gasteiger partial charge in [0.2, 0.25) is 0 Å². The maximum atomic E-state index is 4.11. The van der Waals surface area contributed by atoms with Crippen LogP contribution in [0.2, 0.25) is 0 Å². The molecule has 0 saturated carbocycles. The molecule has 4 nitrogen and oxygen atoms in total. The molecule has 15 heavy (non-hydrogen) atoms. The first-order valence-corrected chi connectivity index (χ1v) is 5.62. The van der Waals surface area contributed by atoms with Gasteiger partial charge in [-0.15, -0.1) is 10.2 Å². The Bertz CT molecular complexity index is 425. The van der Waals surface area contributed by atoms with Gasteiger partial charge < -0.3 is 5.32 Å². The smallest absolute Gasteiger partial charge is 0.151 e. The second-order valence-electron chi connectivity index (χ2n) is 3.46. The lowest BCUT2D eigenvalue weighted by molar-refractivity contribution is 0.899. The standard InChI is InChI=1S/C10H12N4S/c1-7(2)13-9-3-4-11-5-8(9)10-14-12-6-15-10/h3-7H,1-2H3,(H,11,13). The average molecular weight is 220 g/mol. The summed E-state index contributed by atoms with van der Waals surface area (Å²) in [6, 6.07) is 2.34. The van der Waals surface area contributed by atoms with Gasteiger partial charge in [-0.3, -0.25) is 4.98 Å². The van der Waals surface area contributed by atoms with Crippen LogP contribution < -0.4 is 5.32 Å². The minimum atomic E-state index is 0.388. The topological polar surface area (TPSA) is 50.7 Å². The quantitative estimate of drug-likeness (QED) is 0.863. The number of hydrogen-bond donors (Lipinski definition) is 1. The summed E-state index contributed by atoms with van der Waals surface area (Å²) in [5, 5.41) is 12.1. The van der Waals surface area contributed by atoms with Gasteiger partial charge in [-0.05, 0) is 19.9 Å². The number of rotatable bonds is 3. The van der Waals surface area contributed by atoms with E-state index in [1.165, 1.54) is 11.3 Å². The van der Waals surface area contributed by atoms with Crippen molar-refractivity contribution in [2.24, 2.45) is 0 Å². The highest BCUT2D eigenvalue weighted by atomic mass is 32.1. The van der Waals surface area contributed by atoms with Crippen LogP contribution in [0.5, 0.6) is 0 Å². The van der Waals surface area contributed by atoms with Crippen LogP contribution in [-0.2, 0) is 0 Å². The molecule has 0 atom stereocenters. The van der Waals surface area contributed by atoms with E-state index in [-0.39, 0.29) is 0 Å². The number of pyridine rings is 1. The summed E-state index contributed by atoms with van der Waals surface area (Å²) in [4.78, 5) is 4.11. The van der Waals surface area contributed by atoms with Crippen LogP contribution in [-0.4, -0.2) is 21.2 Å². The van der Waals surface area contributed by atoms with E-state index >= 15 is 0 Å². The molecule has 0 fully saturated rings. The summed E-state index contributed by atoms with van der Waals surface area (Å²) >= 11 is 1.52. The molecule has 2 heterocycles. The van der Waals surface area contributed by atoms with E-state index < -0.39 is 0 Å². The molecule has 0 unspecified atom stereocenters. The SMILES string of the molecule is CC(C)Nc1ccncc1-c1nncs1. The molecule has 0 bridgehead atoms. The van der Waals surface area contributed by atoms with E-state index in [4.69, 9.17) is 0 Å². The van der Waals surface area contributed by atoms with Crippen LogP contribution in [0.3, 0.4) is 0 Å². The molecule has 5 heteroatoms. The van der Waals surface area contributed by atoms with Crippen molar-refractivity contribution in [3.63, 3.8) is 0 Å². The number of nitrogens with one attached hydrogen (secondary N) is 1. The van der Waals surface area contributed by atoms with Gasteiger partial charge in [-0.25, -0.2) is 0 Å². The monoisotopic (exact) mass is 220 g/mol. The highest BCUT2D eigenvalue weighted by Gasteiger charge is 2.08. The second kappa shape index (κ2) is 4.35. The van der Waals surface area contributed by atoms with Gasteiger partial charge in [0.15, 0.2) is 5.01 Å². The van der Waals surface area contributed by atoms with Crippen LogP contribution >= 0.6 is 11.3 Å². The molecule has 0 saturated heterocycles. The van der Waals surface area contributed by atoms with Crippen molar-refractivity contribution >= 4 is 17.0 Å². The first-order valence-electron chi connectivity index (χ1n) is 4.74. The zero-order valence-electron chi connectivity index (χ0n) is 8.64. The van der Waals surface area contributed by atoms with Gasteiger partial charge in [0.1, 0.15) is 5.51 Å². The number of aromatic nitrogens is 3. The lowest BCUT2D eigenvalue weighted by atomic mass is 10.2. The molecular formula is C10H12N4S. The summed E-state index contributed by atoms with van der Waals surface area (Å²) in [7, 11) is 0. The lowest BCUT2D eigenvalue weighted by Crippen LogP contribution is -2.10. The Labute approximate surface area is 92.4 Å². The van der Waals surface area contributed by atoms with Crippen molar-refractivity contribution in [3.05, 3.63) is 24.0 Å². The fraction of sp³-hybridized carbons (Fsp3) is 0.300. The van der Waals surface area contributed by atoms with Crippen LogP contribution in [0, 0.1) is 0 Å². The van der Waals surface area contributed by atoms with E-state index in [1.54, 1.807) is 11.7 Å². The van der Waals surface area contributed by atoms with Crippen molar-refractivity contribution in [2.45, 2.75) is 19.9 Å². The highest BCUT2D eigenvalue weighted by Crippen LogP contribution is 2.27. The molecule has 0 aliphatic heterocycles. The Hall–Kier alpha value is -1.49. The summed E-state index contributed by atoms with van der Waals surface area (Å²) in [5.74, 6) is 0. The summed E-state index contributed by atoms with van der Waals surface area (Å²) in [6.07, 6.45) is 3.58. The third-order valence-corrected chi connectivity index (χ3v) is 2.58. The zero-order valence-corrected chi connectivity index (χ0v) is 9.45. The van der Waals surface area contributed by atoms with E-state index in [0.717, 1.165) is 16.3 Å². The fourth-order valence-electron chi connectivity index (χ4n) is 1.29. The summed E-state index contributed by atoms with van der Waals surface area (Å²) in [6.45, 7) is 4.20. The molecule has 2 aromatic rings. The third kappa shape index (κ3) is 2.30. The van der Waals surface area contributed by atoms with E-state index in [2.05, 4.69) is 34.3 Å². The molecule has 0 spiro atoms. The molecule has 0 amide bonds. The van der Waals surface area contributed by atoms with E-state index in [9.17, 15) is 0 Å². The van der Waals surface area contributed by atoms with Gasteiger partial charge in [-0.1, -0.05) is 11.3 Å². The van der Waals surface area contributed by atoms with Crippen LogP contribution in [0.15, 0.2) is 24.0 Å². The Kier molecular flexibility index (Phi) is 2.91. The van der Waals surface area contributed by atoms with Gasteiger partial charge in [0, 0.05) is 24.1 Å². The predicted molar refractivity (Wildman–Crippen MR) is 61.9 cm³/mol. The minimum Gasteiger partial charge on any atom is -0.382 e. The van der Waals surface area contributed by atoms with Gasteiger partial charge >= 0.3 is 0 Å². The molecule has 2 rings (SSSR count). The normalized spacial score (nSPS) is 10.6. The molecule has 0 aliphatic carbocycles.